The van der Waals surface area contributed by atoms with Crippen molar-refractivity contribution in [3.05, 3.63) is 53.6 Å². The van der Waals surface area contributed by atoms with Crippen LogP contribution < -0.4 is 4.74 Å². The third-order valence-electron chi connectivity index (χ3n) is 8.49. The van der Waals surface area contributed by atoms with E-state index in [4.69, 9.17) is 9.47 Å². The number of unbranched alkanes of at least 4 members (excludes halogenated alkanes) is 2. The molecular weight excluding hydrogens is 464 g/mol. The molecule has 0 unspecified atom stereocenters. The second kappa shape index (κ2) is 14.5. The lowest BCUT2D eigenvalue weighted by Crippen LogP contribution is -2.25. The van der Waals surface area contributed by atoms with Crippen molar-refractivity contribution in [1.82, 2.24) is 0 Å². The number of carbonyl (C=O) groups is 2. The molecule has 2 aliphatic carbocycles. The normalized spacial score (nSPS) is 23.8. The highest BCUT2D eigenvalue weighted by Crippen LogP contribution is 2.45. The molecule has 0 atom stereocenters. The van der Waals surface area contributed by atoms with Crippen LogP contribution in [0.25, 0.3) is 0 Å². The van der Waals surface area contributed by atoms with Crippen LogP contribution in [0.5, 0.6) is 5.75 Å². The van der Waals surface area contributed by atoms with E-state index in [-0.39, 0.29) is 12.2 Å². The molecule has 2 aliphatic rings. The molecule has 0 amide bonds. The Morgan fingerprint density at radius 1 is 0.946 bits per heavy atom. The zero-order chi connectivity index (χ0) is 26.8. The van der Waals surface area contributed by atoms with Gasteiger partial charge in [-0.05, 0) is 86.8 Å². The predicted molar refractivity (Wildman–Crippen MR) is 147 cm³/mol. The second-order valence-corrected chi connectivity index (χ2v) is 11.3. The summed E-state index contributed by atoms with van der Waals surface area (Å²) in [5, 5.41) is 9.20. The van der Waals surface area contributed by atoms with Crippen molar-refractivity contribution >= 4 is 11.9 Å². The topological polar surface area (TPSA) is 72.8 Å². The van der Waals surface area contributed by atoms with Gasteiger partial charge in [-0.2, -0.15) is 0 Å². The molecular formula is C32H46O5. The Balaban J connectivity index is 1.59. The van der Waals surface area contributed by atoms with Crippen LogP contribution in [0.4, 0.5) is 0 Å². The Morgan fingerprint density at radius 3 is 2.19 bits per heavy atom. The van der Waals surface area contributed by atoms with Crippen molar-refractivity contribution < 1.29 is 24.2 Å². The molecule has 2 fully saturated rings. The van der Waals surface area contributed by atoms with Gasteiger partial charge in [-0.25, -0.2) is 9.59 Å². The highest BCUT2D eigenvalue weighted by molar-refractivity contribution is 5.90. The molecule has 0 heterocycles. The largest absolute Gasteiger partial charge is 0.457 e. The van der Waals surface area contributed by atoms with E-state index < -0.39 is 18.5 Å². The fourth-order valence-electron chi connectivity index (χ4n) is 6.12. The molecule has 204 valence electrons. The van der Waals surface area contributed by atoms with E-state index in [1.165, 1.54) is 69.8 Å². The molecule has 0 radical (unpaired) electrons. The molecule has 0 bridgehead atoms. The molecule has 37 heavy (non-hydrogen) atoms. The lowest BCUT2D eigenvalue weighted by molar-refractivity contribution is -0.140. The zero-order valence-corrected chi connectivity index (χ0v) is 22.9. The molecule has 1 aromatic carbocycles. The van der Waals surface area contributed by atoms with E-state index in [0.717, 1.165) is 30.6 Å². The summed E-state index contributed by atoms with van der Waals surface area (Å²) in [6.45, 7) is 10.6. The van der Waals surface area contributed by atoms with Gasteiger partial charge in [0.1, 0.15) is 12.4 Å². The number of hydrogen-bond acceptors (Lipinski definition) is 5. The Hall–Kier alpha value is -2.40. The van der Waals surface area contributed by atoms with Gasteiger partial charge in [0.05, 0.1) is 12.2 Å². The van der Waals surface area contributed by atoms with Gasteiger partial charge in [-0.3, -0.25) is 0 Å². The molecule has 1 N–H and O–H groups in total. The molecule has 5 nitrogen and oxygen atoms in total. The summed E-state index contributed by atoms with van der Waals surface area (Å²) < 4.78 is 10.8. The SMILES string of the molecule is C=C(C)C(=O)OCc1cc(C2CCC(C3CCC(CCCCC)CC3)CC2)ccc1OC(=O)C(=C)CO. The van der Waals surface area contributed by atoms with E-state index in [1.54, 1.807) is 13.0 Å². The maximum Gasteiger partial charge on any atom is 0.341 e. The fourth-order valence-corrected chi connectivity index (χ4v) is 6.12. The van der Waals surface area contributed by atoms with Crippen LogP contribution in [0.2, 0.25) is 0 Å². The standard InChI is InChI=1S/C32H46O5/c1-5-6-7-8-24-9-11-25(12-10-24)26-13-15-27(16-14-26)28-17-18-30(37-32(35)23(4)20-33)29(19-28)21-36-31(34)22(2)3/h17-19,24-27,33H,2,4-16,20-21H2,1,3H3. The number of aliphatic hydroxyl groups is 1. The van der Waals surface area contributed by atoms with Gasteiger partial charge in [0.25, 0.3) is 0 Å². The van der Waals surface area contributed by atoms with E-state index in [0.29, 0.717) is 22.8 Å². The Labute approximate surface area is 223 Å². The third kappa shape index (κ3) is 8.56. The van der Waals surface area contributed by atoms with Gasteiger partial charge in [0.15, 0.2) is 0 Å². The van der Waals surface area contributed by atoms with E-state index in [9.17, 15) is 14.7 Å². The summed E-state index contributed by atoms with van der Waals surface area (Å²) in [6.07, 6.45) is 16.0. The Kier molecular flexibility index (Phi) is 11.4. The first-order valence-electron chi connectivity index (χ1n) is 14.3. The van der Waals surface area contributed by atoms with Gasteiger partial charge >= 0.3 is 11.9 Å². The summed E-state index contributed by atoms with van der Waals surface area (Å²) >= 11 is 0. The number of benzene rings is 1. The Morgan fingerprint density at radius 2 is 1.59 bits per heavy atom. The minimum atomic E-state index is -0.691. The third-order valence-corrected chi connectivity index (χ3v) is 8.49. The van der Waals surface area contributed by atoms with Crippen molar-refractivity contribution in [2.45, 2.75) is 103 Å². The zero-order valence-electron chi connectivity index (χ0n) is 22.9. The monoisotopic (exact) mass is 510 g/mol. The first kappa shape index (κ1) is 29.2. The van der Waals surface area contributed by atoms with Crippen LogP contribution in [0, 0.1) is 17.8 Å². The summed E-state index contributed by atoms with van der Waals surface area (Å²) in [6, 6.07) is 5.79. The van der Waals surface area contributed by atoms with E-state index in [2.05, 4.69) is 20.1 Å². The summed E-state index contributed by atoms with van der Waals surface area (Å²) in [5.41, 5.74) is 2.12. The summed E-state index contributed by atoms with van der Waals surface area (Å²) in [7, 11) is 0. The van der Waals surface area contributed by atoms with E-state index >= 15 is 0 Å². The van der Waals surface area contributed by atoms with Crippen LogP contribution in [-0.2, 0) is 20.9 Å². The van der Waals surface area contributed by atoms with E-state index in [1.807, 2.05) is 12.1 Å². The summed E-state index contributed by atoms with van der Waals surface area (Å²) in [4.78, 5) is 24.2. The lowest BCUT2D eigenvalue weighted by atomic mass is 9.68. The van der Waals surface area contributed by atoms with Gasteiger partial charge in [-0.15, -0.1) is 0 Å². The first-order chi connectivity index (χ1) is 17.8. The maximum atomic E-state index is 12.2. The highest BCUT2D eigenvalue weighted by atomic mass is 16.5. The van der Waals surface area contributed by atoms with Crippen LogP contribution in [0.3, 0.4) is 0 Å². The van der Waals surface area contributed by atoms with Crippen molar-refractivity contribution in [2.24, 2.45) is 17.8 Å². The van der Waals surface area contributed by atoms with Crippen LogP contribution in [0.15, 0.2) is 42.5 Å². The minimum absolute atomic E-state index is 0.00934. The lowest BCUT2D eigenvalue weighted by Gasteiger charge is -2.38. The number of ether oxygens (including phenoxy) is 2. The average molecular weight is 511 g/mol. The highest BCUT2D eigenvalue weighted by Gasteiger charge is 2.31. The first-order valence-corrected chi connectivity index (χ1v) is 14.3. The molecule has 1 aromatic rings. The van der Waals surface area contributed by atoms with Crippen LogP contribution in [0.1, 0.15) is 108 Å². The number of hydrogen-bond donors (Lipinski definition) is 1. The number of esters is 2. The molecule has 0 spiro atoms. The van der Waals surface area contributed by atoms with Crippen molar-refractivity contribution in [3.8, 4) is 5.75 Å². The summed E-state index contributed by atoms with van der Waals surface area (Å²) in [5.74, 6) is 2.29. The van der Waals surface area contributed by atoms with Gasteiger partial charge < -0.3 is 14.6 Å². The number of carbonyl (C=O) groups excluding carboxylic acids is 2. The smallest absolute Gasteiger partial charge is 0.341 e. The number of rotatable bonds is 12. The molecule has 5 heteroatoms. The van der Waals surface area contributed by atoms with Crippen LogP contribution in [-0.4, -0.2) is 23.7 Å². The van der Waals surface area contributed by atoms with Gasteiger partial charge in [0.2, 0.25) is 0 Å². The van der Waals surface area contributed by atoms with Crippen molar-refractivity contribution in [1.29, 1.82) is 0 Å². The quantitative estimate of drug-likeness (QED) is 0.137. The Bertz CT molecular complexity index is 932. The molecule has 0 aromatic heterocycles. The fraction of sp³-hybridized carbons (Fsp3) is 0.625. The average Bonchev–Trinajstić information content (AvgIpc) is 2.92. The van der Waals surface area contributed by atoms with Crippen LogP contribution >= 0.6 is 0 Å². The van der Waals surface area contributed by atoms with Crippen molar-refractivity contribution in [2.75, 3.05) is 6.61 Å². The molecule has 2 saturated carbocycles. The number of aliphatic hydroxyl groups excluding tert-OH is 1. The molecule has 0 saturated heterocycles. The maximum absolute atomic E-state index is 12.2. The minimum Gasteiger partial charge on any atom is -0.457 e. The van der Waals surface area contributed by atoms with Crippen molar-refractivity contribution in [3.63, 3.8) is 0 Å². The second-order valence-electron chi connectivity index (χ2n) is 11.3. The van der Waals surface area contributed by atoms with Gasteiger partial charge in [0, 0.05) is 11.1 Å². The molecule has 0 aliphatic heterocycles. The van der Waals surface area contributed by atoms with Gasteiger partial charge in [-0.1, -0.05) is 64.7 Å². The predicted octanol–water partition coefficient (Wildman–Crippen LogP) is 7.42. The molecule has 3 rings (SSSR count).